The number of ether oxygens (including phenoxy) is 1. The molecule has 0 N–H and O–H groups in total. The number of aryl methyl sites for hydroxylation is 2. The molecule has 1 aliphatic rings. The second-order valence-electron chi connectivity index (χ2n) is 3.83. The largest absolute Gasteiger partial charge is 0.490 e. The smallest absolute Gasteiger partial charge is 0.142 e. The van der Waals surface area contributed by atoms with Crippen LogP contribution in [0.2, 0.25) is 0 Å². The molecule has 0 spiro atoms. The molecular formula is C12H17NO. The maximum absolute atomic E-state index is 5.65. The summed E-state index contributed by atoms with van der Waals surface area (Å²) in [4.78, 5) is 2.37. The van der Waals surface area contributed by atoms with Gasteiger partial charge in [0.05, 0.1) is 12.2 Å². The number of fused-ring (bicyclic) bond motifs is 1. The first-order valence-electron chi connectivity index (χ1n) is 5.21. The van der Waals surface area contributed by atoms with Crippen molar-refractivity contribution in [2.24, 2.45) is 0 Å². The van der Waals surface area contributed by atoms with E-state index < -0.39 is 0 Å². The molecule has 0 saturated heterocycles. The number of anilines is 1. The van der Waals surface area contributed by atoms with Gasteiger partial charge in [0, 0.05) is 6.54 Å². The average molecular weight is 191 g/mol. The first-order valence-corrected chi connectivity index (χ1v) is 5.21. The molecule has 2 heteroatoms. The maximum Gasteiger partial charge on any atom is 0.142 e. The van der Waals surface area contributed by atoms with Crippen LogP contribution >= 0.6 is 0 Å². The summed E-state index contributed by atoms with van der Waals surface area (Å²) in [6.45, 7) is 9.33. The van der Waals surface area contributed by atoms with E-state index >= 15 is 0 Å². The van der Waals surface area contributed by atoms with Crippen molar-refractivity contribution in [1.29, 1.82) is 0 Å². The highest BCUT2D eigenvalue weighted by Crippen LogP contribution is 2.33. The van der Waals surface area contributed by atoms with E-state index in [0.29, 0.717) is 0 Å². The molecule has 0 aliphatic carbocycles. The summed E-state index contributed by atoms with van der Waals surface area (Å²) in [6, 6.07) is 4.37. The zero-order valence-corrected chi connectivity index (χ0v) is 9.13. The maximum atomic E-state index is 5.65. The van der Waals surface area contributed by atoms with Crippen molar-refractivity contribution < 1.29 is 4.74 Å². The molecular weight excluding hydrogens is 174 g/mol. The topological polar surface area (TPSA) is 12.5 Å². The fourth-order valence-corrected chi connectivity index (χ4v) is 1.85. The monoisotopic (exact) mass is 191 g/mol. The van der Waals surface area contributed by atoms with Crippen LogP contribution in [-0.4, -0.2) is 19.7 Å². The third kappa shape index (κ3) is 1.45. The molecule has 2 rings (SSSR count). The first kappa shape index (κ1) is 9.38. The van der Waals surface area contributed by atoms with E-state index in [4.69, 9.17) is 4.74 Å². The van der Waals surface area contributed by atoms with Gasteiger partial charge in [-0.2, -0.15) is 0 Å². The fraction of sp³-hybridized carbons (Fsp3) is 0.500. The van der Waals surface area contributed by atoms with Crippen molar-refractivity contribution in [3.63, 3.8) is 0 Å². The van der Waals surface area contributed by atoms with Gasteiger partial charge >= 0.3 is 0 Å². The standard InChI is InChI=1S/C12H17NO/c1-4-13-5-6-14-12-8-10(3)9(2)7-11(12)13/h7-8H,4-6H2,1-3H3. The molecule has 0 fully saturated rings. The quantitative estimate of drug-likeness (QED) is 0.676. The Balaban J connectivity index is 2.47. The van der Waals surface area contributed by atoms with Gasteiger partial charge in [-0.1, -0.05) is 0 Å². The van der Waals surface area contributed by atoms with E-state index in [0.717, 1.165) is 25.4 Å². The highest BCUT2D eigenvalue weighted by molar-refractivity contribution is 5.62. The normalized spacial score (nSPS) is 14.9. The van der Waals surface area contributed by atoms with Gasteiger partial charge < -0.3 is 9.64 Å². The minimum Gasteiger partial charge on any atom is -0.490 e. The molecule has 2 nitrogen and oxygen atoms in total. The molecule has 0 amide bonds. The summed E-state index contributed by atoms with van der Waals surface area (Å²) in [5.74, 6) is 1.04. The summed E-state index contributed by atoms with van der Waals surface area (Å²) >= 11 is 0. The summed E-state index contributed by atoms with van der Waals surface area (Å²) < 4.78 is 5.65. The molecule has 0 atom stereocenters. The Hall–Kier alpha value is -1.18. The minimum absolute atomic E-state index is 0.809. The van der Waals surface area contributed by atoms with Gasteiger partial charge in [-0.25, -0.2) is 0 Å². The van der Waals surface area contributed by atoms with E-state index in [2.05, 4.69) is 37.8 Å². The van der Waals surface area contributed by atoms with Crippen molar-refractivity contribution in [3.8, 4) is 5.75 Å². The van der Waals surface area contributed by atoms with Crippen molar-refractivity contribution in [2.45, 2.75) is 20.8 Å². The van der Waals surface area contributed by atoms with Gasteiger partial charge in [0.15, 0.2) is 0 Å². The number of hydrogen-bond acceptors (Lipinski definition) is 2. The van der Waals surface area contributed by atoms with Crippen LogP contribution in [0.1, 0.15) is 18.1 Å². The molecule has 14 heavy (non-hydrogen) atoms. The fourth-order valence-electron chi connectivity index (χ4n) is 1.85. The average Bonchev–Trinajstić information content (AvgIpc) is 2.19. The Morgan fingerprint density at radius 3 is 2.71 bits per heavy atom. The highest BCUT2D eigenvalue weighted by Gasteiger charge is 2.17. The van der Waals surface area contributed by atoms with Gasteiger partial charge in [0.1, 0.15) is 12.4 Å². The lowest BCUT2D eigenvalue weighted by molar-refractivity contribution is 0.308. The van der Waals surface area contributed by atoms with Crippen molar-refractivity contribution in [2.75, 3.05) is 24.6 Å². The SMILES string of the molecule is CCN1CCOc2cc(C)c(C)cc21. The van der Waals surface area contributed by atoms with E-state index in [9.17, 15) is 0 Å². The molecule has 76 valence electrons. The molecule has 0 bridgehead atoms. The van der Waals surface area contributed by atoms with Crippen LogP contribution in [0.15, 0.2) is 12.1 Å². The predicted molar refractivity (Wildman–Crippen MR) is 59.3 cm³/mol. The number of nitrogens with zero attached hydrogens (tertiary/aromatic N) is 1. The Labute approximate surface area is 85.5 Å². The van der Waals surface area contributed by atoms with Crippen molar-refractivity contribution in [3.05, 3.63) is 23.3 Å². The number of rotatable bonds is 1. The lowest BCUT2D eigenvalue weighted by atomic mass is 10.1. The Morgan fingerprint density at radius 2 is 2.00 bits per heavy atom. The highest BCUT2D eigenvalue weighted by atomic mass is 16.5. The van der Waals surface area contributed by atoms with Gasteiger partial charge in [0.2, 0.25) is 0 Å². The van der Waals surface area contributed by atoms with E-state index in [1.807, 2.05) is 0 Å². The van der Waals surface area contributed by atoms with Crippen LogP contribution in [0.25, 0.3) is 0 Å². The number of benzene rings is 1. The van der Waals surface area contributed by atoms with E-state index in [1.165, 1.54) is 16.8 Å². The molecule has 1 aromatic carbocycles. The second-order valence-corrected chi connectivity index (χ2v) is 3.83. The summed E-state index contributed by atoms with van der Waals surface area (Å²) in [5.41, 5.74) is 3.90. The zero-order valence-electron chi connectivity index (χ0n) is 9.13. The molecule has 0 aromatic heterocycles. The molecule has 0 radical (unpaired) electrons. The molecule has 0 unspecified atom stereocenters. The Kier molecular flexibility index (Phi) is 2.36. The first-order chi connectivity index (χ1) is 6.72. The number of hydrogen-bond donors (Lipinski definition) is 0. The van der Waals surface area contributed by atoms with Crippen molar-refractivity contribution >= 4 is 5.69 Å². The van der Waals surface area contributed by atoms with Crippen LogP contribution in [0.5, 0.6) is 5.75 Å². The summed E-state index contributed by atoms with van der Waals surface area (Å²) in [7, 11) is 0. The van der Waals surface area contributed by atoms with Gasteiger partial charge in [-0.05, 0) is 44.0 Å². The van der Waals surface area contributed by atoms with Gasteiger partial charge in [-0.15, -0.1) is 0 Å². The Bertz CT molecular complexity index is 346. The lowest BCUT2D eigenvalue weighted by Crippen LogP contribution is -2.32. The molecule has 1 heterocycles. The van der Waals surface area contributed by atoms with E-state index in [-0.39, 0.29) is 0 Å². The summed E-state index contributed by atoms with van der Waals surface area (Å²) in [5, 5.41) is 0. The lowest BCUT2D eigenvalue weighted by Gasteiger charge is -2.30. The predicted octanol–water partition coefficient (Wildman–Crippen LogP) is 2.52. The Morgan fingerprint density at radius 1 is 1.29 bits per heavy atom. The minimum atomic E-state index is 0.809. The van der Waals surface area contributed by atoms with Crippen LogP contribution in [0.4, 0.5) is 5.69 Å². The zero-order chi connectivity index (χ0) is 10.1. The second kappa shape index (κ2) is 3.52. The van der Waals surface area contributed by atoms with Crippen LogP contribution < -0.4 is 9.64 Å². The number of likely N-dealkylation sites (N-methyl/N-ethyl adjacent to an activating group) is 1. The third-order valence-electron chi connectivity index (χ3n) is 2.92. The van der Waals surface area contributed by atoms with Gasteiger partial charge in [0.25, 0.3) is 0 Å². The van der Waals surface area contributed by atoms with E-state index in [1.54, 1.807) is 0 Å². The molecule has 1 aromatic rings. The van der Waals surface area contributed by atoms with Crippen LogP contribution in [0, 0.1) is 13.8 Å². The summed E-state index contributed by atoms with van der Waals surface area (Å²) in [6.07, 6.45) is 0. The van der Waals surface area contributed by atoms with Gasteiger partial charge in [-0.3, -0.25) is 0 Å². The molecule has 1 aliphatic heterocycles. The van der Waals surface area contributed by atoms with Crippen LogP contribution in [0.3, 0.4) is 0 Å². The third-order valence-corrected chi connectivity index (χ3v) is 2.92. The molecule has 0 saturated carbocycles. The van der Waals surface area contributed by atoms with Crippen LogP contribution in [-0.2, 0) is 0 Å². The van der Waals surface area contributed by atoms with Crippen molar-refractivity contribution in [1.82, 2.24) is 0 Å².